The number of nitrogens with zero attached hydrogens (tertiary/aromatic N) is 1. The van der Waals surface area contributed by atoms with E-state index >= 15 is 0 Å². The molecule has 2 aliphatic heterocycles. The fourth-order valence-corrected chi connectivity index (χ4v) is 4.09. The second kappa shape index (κ2) is 8.07. The Hall–Kier alpha value is -2.93. The van der Waals surface area contributed by atoms with Crippen LogP contribution in [0.25, 0.3) is 0 Å². The van der Waals surface area contributed by atoms with Crippen LogP contribution in [0.5, 0.6) is 0 Å². The van der Waals surface area contributed by atoms with Crippen LogP contribution >= 0.6 is 11.6 Å². The Labute approximate surface area is 178 Å². The molecule has 2 fully saturated rings. The van der Waals surface area contributed by atoms with Crippen molar-refractivity contribution in [3.63, 3.8) is 0 Å². The van der Waals surface area contributed by atoms with Gasteiger partial charge in [0.05, 0.1) is 0 Å². The molecule has 2 aromatic carbocycles. The van der Waals surface area contributed by atoms with Crippen LogP contribution in [-0.4, -0.2) is 47.3 Å². The average Bonchev–Trinajstić information content (AvgIpc) is 3.14. The van der Waals surface area contributed by atoms with Gasteiger partial charge < -0.3 is 15.5 Å². The quantitative estimate of drug-likeness (QED) is 0.782. The summed E-state index contributed by atoms with van der Waals surface area (Å²) in [7, 11) is 0. The van der Waals surface area contributed by atoms with Gasteiger partial charge in [0.25, 0.3) is 5.91 Å². The van der Waals surface area contributed by atoms with Gasteiger partial charge in [-0.1, -0.05) is 29.8 Å². The minimum atomic E-state index is -0.657. The van der Waals surface area contributed by atoms with Crippen molar-refractivity contribution < 1.29 is 18.8 Å². The molecule has 2 N–H and O–H groups in total. The second-order valence-electron chi connectivity index (χ2n) is 7.77. The number of carbonyl (C=O) groups is 3. The van der Waals surface area contributed by atoms with Crippen LogP contribution in [0.3, 0.4) is 0 Å². The number of aryl methyl sites for hydroxylation is 1. The first-order chi connectivity index (χ1) is 14.3. The molecule has 8 heteroatoms. The maximum Gasteiger partial charge on any atom is 0.251 e. The van der Waals surface area contributed by atoms with Gasteiger partial charge in [0.2, 0.25) is 11.8 Å². The van der Waals surface area contributed by atoms with E-state index in [2.05, 4.69) is 10.6 Å². The van der Waals surface area contributed by atoms with E-state index in [9.17, 15) is 18.8 Å². The third kappa shape index (κ3) is 4.03. The van der Waals surface area contributed by atoms with E-state index in [0.717, 1.165) is 5.56 Å². The SMILES string of the molecule is Cc1ccc(C(=O)N[C@H]2C[C@H]3C(=O)N[C@@H](Cc4ccc(Cl)cc4)C(=O)N3C2)cc1F. The number of hydrogen-bond acceptors (Lipinski definition) is 3. The summed E-state index contributed by atoms with van der Waals surface area (Å²) in [4.78, 5) is 39.5. The number of nitrogens with one attached hydrogen (secondary N) is 2. The summed E-state index contributed by atoms with van der Waals surface area (Å²) >= 11 is 5.90. The highest BCUT2D eigenvalue weighted by Crippen LogP contribution is 2.24. The first kappa shape index (κ1) is 20.3. The third-order valence-electron chi connectivity index (χ3n) is 5.62. The monoisotopic (exact) mass is 429 g/mol. The van der Waals surface area contributed by atoms with Gasteiger partial charge in [-0.15, -0.1) is 0 Å². The lowest BCUT2D eigenvalue weighted by molar-refractivity contribution is -0.147. The Morgan fingerprint density at radius 3 is 2.67 bits per heavy atom. The summed E-state index contributed by atoms with van der Waals surface area (Å²) in [5, 5.41) is 6.21. The molecule has 0 spiro atoms. The smallest absolute Gasteiger partial charge is 0.251 e. The van der Waals surface area contributed by atoms with E-state index in [-0.39, 0.29) is 30.0 Å². The van der Waals surface area contributed by atoms with Gasteiger partial charge in [0, 0.05) is 29.6 Å². The number of amides is 3. The molecule has 156 valence electrons. The fraction of sp³-hybridized carbons (Fsp3) is 0.318. The van der Waals surface area contributed by atoms with Gasteiger partial charge in [-0.25, -0.2) is 4.39 Å². The highest BCUT2D eigenvalue weighted by molar-refractivity contribution is 6.30. The van der Waals surface area contributed by atoms with E-state index in [4.69, 9.17) is 11.6 Å². The molecular weight excluding hydrogens is 409 g/mol. The summed E-state index contributed by atoms with van der Waals surface area (Å²) in [5.41, 5.74) is 1.56. The van der Waals surface area contributed by atoms with Gasteiger partial charge in [-0.05, 0) is 48.7 Å². The molecule has 4 rings (SSSR count). The number of piperazine rings is 1. The largest absolute Gasteiger partial charge is 0.347 e. The predicted octanol–water partition coefficient (Wildman–Crippen LogP) is 2.23. The zero-order valence-electron chi connectivity index (χ0n) is 16.3. The van der Waals surface area contributed by atoms with E-state index in [1.807, 2.05) is 12.1 Å². The molecule has 2 aromatic rings. The van der Waals surface area contributed by atoms with Gasteiger partial charge in [0.1, 0.15) is 17.9 Å². The van der Waals surface area contributed by atoms with Crippen LogP contribution < -0.4 is 10.6 Å². The van der Waals surface area contributed by atoms with Crippen molar-refractivity contribution in [3.05, 3.63) is 70.0 Å². The maximum atomic E-state index is 13.7. The Bertz CT molecular complexity index is 1010. The number of fused-ring (bicyclic) bond motifs is 1. The first-order valence-electron chi connectivity index (χ1n) is 9.74. The minimum absolute atomic E-state index is 0.173. The standard InChI is InChI=1S/C22H21ClFN3O3/c1-12-2-5-14(9-17(12)24)20(28)25-16-10-19-21(29)26-18(22(30)27(19)11-16)8-13-3-6-15(23)7-4-13/h2-7,9,16,18-19H,8,10-11H2,1H3,(H,25,28)(H,26,29)/t16-,18-,19-/m0/s1. The van der Waals surface area contributed by atoms with Crippen LogP contribution in [0.15, 0.2) is 42.5 Å². The van der Waals surface area contributed by atoms with Crippen molar-refractivity contribution in [2.24, 2.45) is 0 Å². The number of hydrogen-bond donors (Lipinski definition) is 2. The van der Waals surface area contributed by atoms with Crippen molar-refractivity contribution in [1.82, 2.24) is 15.5 Å². The number of benzene rings is 2. The zero-order valence-corrected chi connectivity index (χ0v) is 17.1. The van der Waals surface area contributed by atoms with Crippen molar-refractivity contribution in [3.8, 4) is 0 Å². The molecule has 3 amide bonds. The molecule has 0 radical (unpaired) electrons. The molecule has 0 aromatic heterocycles. The molecule has 30 heavy (non-hydrogen) atoms. The molecule has 6 nitrogen and oxygen atoms in total. The van der Waals surface area contributed by atoms with Crippen LogP contribution in [-0.2, 0) is 16.0 Å². The lowest BCUT2D eigenvalue weighted by atomic mass is 10.0. The van der Waals surface area contributed by atoms with Crippen LogP contribution in [0, 0.1) is 12.7 Å². The van der Waals surface area contributed by atoms with Gasteiger partial charge in [-0.3, -0.25) is 14.4 Å². The minimum Gasteiger partial charge on any atom is -0.347 e. The molecule has 3 atom stereocenters. The summed E-state index contributed by atoms with van der Waals surface area (Å²) < 4.78 is 13.7. The Balaban J connectivity index is 1.42. The lowest BCUT2D eigenvalue weighted by Gasteiger charge is -2.34. The third-order valence-corrected chi connectivity index (χ3v) is 5.88. The first-order valence-corrected chi connectivity index (χ1v) is 10.1. The van der Waals surface area contributed by atoms with E-state index < -0.39 is 23.8 Å². The molecule has 2 aliphatic rings. The van der Waals surface area contributed by atoms with Gasteiger partial charge in [-0.2, -0.15) is 0 Å². The Morgan fingerprint density at radius 2 is 1.97 bits per heavy atom. The van der Waals surface area contributed by atoms with E-state index in [1.54, 1.807) is 31.2 Å². The number of rotatable bonds is 4. The summed E-state index contributed by atoms with van der Waals surface area (Å²) in [5.74, 6) is -1.28. The average molecular weight is 430 g/mol. The van der Waals surface area contributed by atoms with Crippen molar-refractivity contribution in [1.29, 1.82) is 0 Å². The zero-order chi connectivity index (χ0) is 21.4. The van der Waals surface area contributed by atoms with Crippen molar-refractivity contribution in [2.75, 3.05) is 6.54 Å². The molecule has 2 heterocycles. The van der Waals surface area contributed by atoms with Crippen molar-refractivity contribution >= 4 is 29.3 Å². The van der Waals surface area contributed by atoms with E-state index in [1.165, 1.54) is 11.0 Å². The number of halogens is 2. The van der Waals surface area contributed by atoms with Crippen LogP contribution in [0.4, 0.5) is 4.39 Å². The molecule has 0 bridgehead atoms. The van der Waals surface area contributed by atoms with Crippen LogP contribution in [0.2, 0.25) is 5.02 Å². The Kier molecular flexibility index (Phi) is 5.47. The summed E-state index contributed by atoms with van der Waals surface area (Å²) in [6, 6.07) is 9.76. The lowest BCUT2D eigenvalue weighted by Crippen LogP contribution is -2.61. The molecule has 0 unspecified atom stereocenters. The molecule has 0 aliphatic carbocycles. The summed E-state index contributed by atoms with van der Waals surface area (Å²) in [6.07, 6.45) is 0.690. The van der Waals surface area contributed by atoms with Gasteiger partial charge in [0.15, 0.2) is 0 Å². The molecule has 2 saturated heterocycles. The van der Waals surface area contributed by atoms with E-state index in [0.29, 0.717) is 23.4 Å². The second-order valence-corrected chi connectivity index (χ2v) is 8.20. The predicted molar refractivity (Wildman–Crippen MR) is 110 cm³/mol. The Morgan fingerprint density at radius 1 is 1.23 bits per heavy atom. The normalized spacial score (nSPS) is 23.2. The molecule has 0 saturated carbocycles. The summed E-state index contributed by atoms with van der Waals surface area (Å²) in [6.45, 7) is 1.87. The maximum absolute atomic E-state index is 13.7. The van der Waals surface area contributed by atoms with Crippen LogP contribution in [0.1, 0.15) is 27.9 Å². The topological polar surface area (TPSA) is 78.5 Å². The van der Waals surface area contributed by atoms with Gasteiger partial charge >= 0.3 is 0 Å². The fourth-order valence-electron chi connectivity index (χ4n) is 3.96. The highest BCUT2D eigenvalue weighted by atomic mass is 35.5. The molecular formula is C22H21ClFN3O3. The highest BCUT2D eigenvalue weighted by Gasteiger charge is 2.46. The van der Waals surface area contributed by atoms with Crippen molar-refractivity contribution in [2.45, 2.75) is 37.9 Å². The number of carbonyl (C=O) groups excluding carboxylic acids is 3.